The lowest BCUT2D eigenvalue weighted by molar-refractivity contribution is -0.0499. The lowest BCUT2D eigenvalue weighted by Gasteiger charge is -2.40. The molecule has 3 aromatic rings. The van der Waals surface area contributed by atoms with Crippen molar-refractivity contribution in [3.63, 3.8) is 0 Å². The molecule has 1 aliphatic heterocycles. The summed E-state index contributed by atoms with van der Waals surface area (Å²) in [6.45, 7) is 2.70. The van der Waals surface area contributed by atoms with Gasteiger partial charge in [0.15, 0.2) is 5.75 Å². The molecule has 0 spiro atoms. The fraction of sp³-hybridized carbons (Fsp3) is 0.280. The number of rotatable bonds is 3. The Labute approximate surface area is 190 Å². The van der Waals surface area contributed by atoms with E-state index in [0.717, 1.165) is 36.1 Å². The average Bonchev–Trinajstić information content (AvgIpc) is 2.75. The van der Waals surface area contributed by atoms with E-state index in [1.807, 2.05) is 30.3 Å². The number of aryl methyl sites for hydroxylation is 1. The van der Waals surface area contributed by atoms with Crippen LogP contribution in [0.2, 0.25) is 0 Å². The van der Waals surface area contributed by atoms with E-state index in [2.05, 4.69) is 22.2 Å². The van der Waals surface area contributed by atoms with E-state index < -0.39 is 15.6 Å². The predicted octanol–water partition coefficient (Wildman–Crippen LogP) is 5.64. The fourth-order valence-corrected chi connectivity index (χ4v) is 5.57. The van der Waals surface area contributed by atoms with Crippen molar-refractivity contribution in [2.24, 2.45) is 0 Å². The highest BCUT2D eigenvalue weighted by Gasteiger charge is 2.49. The number of nitrogens with zero attached hydrogens (tertiary/aromatic N) is 1. The van der Waals surface area contributed by atoms with Crippen molar-refractivity contribution in [1.82, 2.24) is 4.90 Å². The van der Waals surface area contributed by atoms with E-state index in [1.54, 1.807) is 13.0 Å². The Morgan fingerprint density at radius 2 is 1.61 bits per heavy atom. The first-order valence-corrected chi connectivity index (χ1v) is 12.0. The zero-order valence-electron chi connectivity index (χ0n) is 18.1. The molecular weight excluding hydrogens is 451 g/mol. The van der Waals surface area contributed by atoms with Crippen LogP contribution in [0.15, 0.2) is 54.6 Å². The molecule has 0 aromatic heterocycles. The van der Waals surface area contributed by atoms with Crippen LogP contribution in [0.3, 0.4) is 0 Å². The summed E-state index contributed by atoms with van der Waals surface area (Å²) >= 11 is 0. The largest absolute Gasteiger partial charge is 0.534 e. The highest BCUT2D eigenvalue weighted by molar-refractivity contribution is 7.88. The summed E-state index contributed by atoms with van der Waals surface area (Å²) in [7, 11) is -3.70. The molecule has 5 rings (SSSR count). The molecule has 3 aromatic carbocycles. The average molecular weight is 474 g/mol. The number of benzene rings is 3. The summed E-state index contributed by atoms with van der Waals surface area (Å²) in [5.74, 6) is -0.329. The molecule has 4 nitrogen and oxygen atoms in total. The minimum absolute atomic E-state index is 0.228. The van der Waals surface area contributed by atoms with Crippen molar-refractivity contribution in [3.8, 4) is 28.0 Å². The molecule has 2 aliphatic rings. The van der Waals surface area contributed by atoms with E-state index >= 15 is 0 Å². The topological polar surface area (TPSA) is 46.6 Å². The Morgan fingerprint density at radius 1 is 0.939 bits per heavy atom. The summed E-state index contributed by atoms with van der Waals surface area (Å²) < 4.78 is 67.5. The normalized spacial score (nSPS) is 17.9. The summed E-state index contributed by atoms with van der Waals surface area (Å²) in [4.78, 5) is 2.33. The van der Waals surface area contributed by atoms with Gasteiger partial charge in [-0.3, -0.25) is 4.90 Å². The maximum atomic E-state index is 13.1. The molecule has 8 heteroatoms. The molecule has 0 amide bonds. The summed E-state index contributed by atoms with van der Waals surface area (Å²) in [5, 5.41) is 0. The molecule has 0 radical (unpaired) electrons. The van der Waals surface area contributed by atoms with Crippen LogP contribution >= 0.6 is 0 Å². The van der Waals surface area contributed by atoms with Crippen LogP contribution in [0, 0.1) is 6.92 Å². The quantitative estimate of drug-likeness (QED) is 0.365. The van der Waals surface area contributed by atoms with Crippen LogP contribution in [-0.2, 0) is 23.0 Å². The lowest BCUT2D eigenvalue weighted by Crippen LogP contribution is -2.35. The molecular formula is C25H22F3NO3S. The molecule has 1 heterocycles. The summed E-state index contributed by atoms with van der Waals surface area (Å²) in [6, 6.07) is 16.6. The van der Waals surface area contributed by atoms with Gasteiger partial charge < -0.3 is 4.18 Å². The Morgan fingerprint density at radius 3 is 2.33 bits per heavy atom. The smallest absolute Gasteiger partial charge is 0.375 e. The Balaban J connectivity index is 1.75. The maximum absolute atomic E-state index is 13.1. The van der Waals surface area contributed by atoms with Crippen LogP contribution in [-0.4, -0.2) is 32.4 Å². The third-order valence-corrected chi connectivity index (χ3v) is 7.58. The predicted molar refractivity (Wildman–Crippen MR) is 120 cm³/mol. The molecule has 33 heavy (non-hydrogen) atoms. The Kier molecular flexibility index (Phi) is 5.06. The van der Waals surface area contributed by atoms with Gasteiger partial charge in [0.05, 0.1) is 0 Å². The van der Waals surface area contributed by atoms with Crippen molar-refractivity contribution in [1.29, 1.82) is 0 Å². The van der Waals surface area contributed by atoms with Gasteiger partial charge in [0.25, 0.3) is 0 Å². The molecule has 0 N–H and O–H groups in total. The van der Waals surface area contributed by atoms with Gasteiger partial charge in [-0.2, -0.15) is 21.6 Å². The van der Waals surface area contributed by atoms with E-state index in [4.69, 9.17) is 0 Å². The van der Waals surface area contributed by atoms with Crippen LogP contribution in [0.4, 0.5) is 13.2 Å². The number of halogens is 3. The van der Waals surface area contributed by atoms with Crippen molar-refractivity contribution >= 4 is 10.1 Å². The second-order valence-electron chi connectivity index (χ2n) is 8.60. The molecule has 1 atom stereocenters. The van der Waals surface area contributed by atoms with Gasteiger partial charge >= 0.3 is 15.6 Å². The minimum atomic E-state index is -5.80. The van der Waals surface area contributed by atoms with Crippen LogP contribution in [0.25, 0.3) is 22.3 Å². The first-order valence-electron chi connectivity index (χ1n) is 10.6. The molecule has 172 valence electrons. The molecule has 0 saturated heterocycles. The molecule has 0 fully saturated rings. The number of fused-ring (bicyclic) bond motifs is 2. The molecule has 0 saturated carbocycles. The second-order valence-corrected chi connectivity index (χ2v) is 10.1. The third kappa shape index (κ3) is 3.52. The summed E-state index contributed by atoms with van der Waals surface area (Å²) in [5.41, 5.74) is 1.67. The van der Waals surface area contributed by atoms with Gasteiger partial charge in [-0.25, -0.2) is 0 Å². The van der Waals surface area contributed by atoms with Crippen molar-refractivity contribution in [2.75, 3.05) is 13.6 Å². The zero-order chi connectivity index (χ0) is 23.5. The van der Waals surface area contributed by atoms with Gasteiger partial charge in [0, 0.05) is 18.2 Å². The van der Waals surface area contributed by atoms with Gasteiger partial charge in [-0.05, 0) is 71.8 Å². The van der Waals surface area contributed by atoms with Gasteiger partial charge in [0.2, 0.25) is 0 Å². The second kappa shape index (κ2) is 7.60. The molecule has 0 bridgehead atoms. The first-order chi connectivity index (χ1) is 15.6. The van der Waals surface area contributed by atoms with E-state index in [9.17, 15) is 21.6 Å². The number of hydrogen-bond donors (Lipinski definition) is 0. The Hall–Kier alpha value is -2.84. The maximum Gasteiger partial charge on any atom is 0.534 e. The van der Waals surface area contributed by atoms with Crippen LogP contribution in [0.5, 0.6) is 5.75 Å². The summed E-state index contributed by atoms with van der Waals surface area (Å²) in [6.07, 6.45) is 1.70. The van der Waals surface area contributed by atoms with Gasteiger partial charge in [0.1, 0.15) is 0 Å². The zero-order valence-corrected chi connectivity index (χ0v) is 18.9. The number of likely N-dealkylation sites (N-methyl/N-ethyl adjacent to an activating group) is 1. The first kappa shape index (κ1) is 22.0. The van der Waals surface area contributed by atoms with E-state index in [-0.39, 0.29) is 11.8 Å². The fourth-order valence-electron chi connectivity index (χ4n) is 5.10. The van der Waals surface area contributed by atoms with Crippen molar-refractivity contribution in [2.45, 2.75) is 31.3 Å². The lowest BCUT2D eigenvalue weighted by atomic mass is 9.75. The van der Waals surface area contributed by atoms with Crippen LogP contribution < -0.4 is 4.18 Å². The van der Waals surface area contributed by atoms with Gasteiger partial charge in [-0.15, -0.1) is 0 Å². The molecule has 1 aliphatic carbocycles. The molecule has 0 unspecified atom stereocenters. The van der Waals surface area contributed by atoms with Crippen molar-refractivity contribution < 1.29 is 25.8 Å². The minimum Gasteiger partial charge on any atom is -0.375 e. The highest BCUT2D eigenvalue weighted by atomic mass is 32.2. The number of hydrogen-bond acceptors (Lipinski definition) is 4. The van der Waals surface area contributed by atoms with E-state index in [1.165, 1.54) is 23.3 Å². The van der Waals surface area contributed by atoms with Gasteiger partial charge in [-0.1, -0.05) is 48.5 Å². The monoisotopic (exact) mass is 473 g/mol. The Bertz CT molecular complexity index is 1370. The third-order valence-electron chi connectivity index (χ3n) is 6.62. The SMILES string of the molecule is Cc1cccc(OS(=O)(=O)C(F)(F)F)c1-c1cccc2c1-c1cccc3c1[C@@H](C2)N(C)CC3. The highest BCUT2D eigenvalue weighted by Crippen LogP contribution is 2.50. The standard InChI is InChI=1S/C25H22F3NO3S/c1-15-6-3-11-21(32-33(30,31)25(26,27)28)22(15)18-9-5-8-17-14-20-24-16(12-13-29(20)2)7-4-10-19(24)23(17)18/h3-11,20H,12-14H2,1-2H3/t20-/m1/s1. The van der Waals surface area contributed by atoms with E-state index in [0.29, 0.717) is 16.7 Å². The van der Waals surface area contributed by atoms with Crippen LogP contribution in [0.1, 0.15) is 28.3 Å². The van der Waals surface area contributed by atoms with Crippen molar-refractivity contribution in [3.05, 3.63) is 76.9 Å². The number of alkyl halides is 3.